The Morgan fingerprint density at radius 3 is 0.409 bits per heavy atom. The van der Waals surface area contributed by atoms with Crippen LogP contribution in [0.4, 0.5) is 0 Å². The van der Waals surface area contributed by atoms with Crippen molar-refractivity contribution in [3.63, 3.8) is 0 Å². The molecule has 0 N–H and O–H groups in total. The van der Waals surface area contributed by atoms with Gasteiger partial charge in [-0.05, 0) is 0 Å². The van der Waals surface area contributed by atoms with Crippen molar-refractivity contribution >= 4 is 0 Å². The van der Waals surface area contributed by atoms with Crippen LogP contribution in [-0.2, 0) is 16.8 Å². The van der Waals surface area contributed by atoms with E-state index in [2.05, 4.69) is 0 Å². The molecule has 0 spiro atoms. The van der Waals surface area contributed by atoms with Gasteiger partial charge in [0.2, 0.25) is 0 Å². The van der Waals surface area contributed by atoms with Gasteiger partial charge >= 0.3 is 132 Å². The van der Waals surface area contributed by atoms with E-state index in [1.165, 1.54) is 0 Å². The molecule has 0 heterocycles. The maximum Gasteiger partial charge on any atom is 1.00 e. The fourth-order valence-corrected chi connectivity index (χ4v) is 0. The summed E-state index contributed by atoms with van der Waals surface area (Å²) in [5.41, 5.74) is 0. The molecule has 0 aliphatic heterocycles. The van der Waals surface area contributed by atoms with Gasteiger partial charge in [0.1, 0.15) is 0 Å². The summed E-state index contributed by atoms with van der Waals surface area (Å²) in [6, 6.07) is 0. The van der Waals surface area contributed by atoms with E-state index in [9.17, 15) is 0 Å². The third-order valence-corrected chi connectivity index (χ3v) is 0. The zero-order chi connectivity index (χ0) is 16.2. The monoisotopic (exact) mass is 436 g/mol. The molecule has 0 fully saturated rings. The summed E-state index contributed by atoms with van der Waals surface area (Å²) in [6.07, 6.45) is 0. The van der Waals surface area contributed by atoms with Crippen molar-refractivity contribution in [1.82, 2.24) is 0 Å². The summed E-state index contributed by atoms with van der Waals surface area (Å²) in [5, 5.41) is 54.0. The molecule has 117 valence electrons. The van der Waals surface area contributed by atoms with Crippen LogP contribution >= 0.6 is 0 Å². The number of nitrogens with zero attached hydrogens (tertiary/aromatic N) is 6. The molecule has 0 rings (SSSR count). The molecule has 0 bridgehead atoms. The molecule has 18 nitrogen and oxygen atoms in total. The smallest absolute Gasteiger partial charge is 0.444 e. The Balaban J connectivity index is -0.00000000947. The first-order valence-corrected chi connectivity index (χ1v) is 2.19. The van der Waals surface area contributed by atoms with Crippen molar-refractivity contribution in [2.45, 2.75) is 0 Å². The standard InChI is InChI=1S/Co.2K.6HNO2.Na/c;;;6*2-1-3;/h;;;6*(H,2,3);/q;2*+1;;;;;;;+1/p-6. The van der Waals surface area contributed by atoms with Gasteiger partial charge in [-0.3, -0.25) is 0 Å². The molecular weight excluding hydrogens is 436 g/mol. The molecule has 22 heteroatoms. The molecule has 0 aromatic rings. The van der Waals surface area contributed by atoms with Gasteiger partial charge in [0.25, 0.3) is 0 Å². The van der Waals surface area contributed by atoms with Gasteiger partial charge in [-0.2, -0.15) is 0 Å². The fourth-order valence-electron chi connectivity index (χ4n) is 0. The van der Waals surface area contributed by atoms with E-state index in [1.54, 1.807) is 0 Å². The Morgan fingerprint density at radius 2 is 0.409 bits per heavy atom. The minimum atomic E-state index is 0. The van der Waals surface area contributed by atoms with Crippen LogP contribution in [0.2, 0.25) is 0 Å². The van der Waals surface area contributed by atoms with Crippen LogP contribution in [0.15, 0.2) is 32.0 Å². The van der Waals surface area contributed by atoms with Crippen LogP contribution in [-0.4, -0.2) is 0 Å². The third-order valence-electron chi connectivity index (χ3n) is 0. The second kappa shape index (κ2) is 193. The van der Waals surface area contributed by atoms with E-state index in [0.717, 1.165) is 32.0 Å². The maximum atomic E-state index is 8.00. The average Bonchev–Trinajstić information content (AvgIpc) is 2.23. The number of hydrogen-bond donors (Lipinski definition) is 0. The van der Waals surface area contributed by atoms with Crippen LogP contribution in [0.25, 0.3) is 0 Å². The molecule has 0 atom stereocenters. The van der Waals surface area contributed by atoms with Crippen molar-refractivity contribution in [2.24, 2.45) is 32.0 Å². The van der Waals surface area contributed by atoms with Gasteiger partial charge in [0.15, 0.2) is 0 Å². The molecule has 0 aliphatic rings. The maximum absolute atomic E-state index is 8.00. The zero-order valence-electron chi connectivity index (χ0n) is 10.9. The first kappa shape index (κ1) is 65.6. The van der Waals surface area contributed by atoms with Crippen LogP contribution in [0.5, 0.6) is 0 Å². The Kier molecular flexibility index (Phi) is 576. The minimum Gasteiger partial charge on any atom is -0.444 e. The number of hydrogen-bond acceptors (Lipinski definition) is 18. The van der Waals surface area contributed by atoms with Crippen molar-refractivity contribution in [2.75, 3.05) is 0 Å². The second-order valence-corrected chi connectivity index (χ2v) is 0.447. The molecule has 0 amide bonds. The van der Waals surface area contributed by atoms with E-state index in [0.29, 0.717) is 0 Å². The Morgan fingerprint density at radius 1 is 0.409 bits per heavy atom. The van der Waals surface area contributed by atoms with E-state index in [4.69, 9.17) is 60.7 Å². The molecule has 1 radical (unpaired) electrons. The van der Waals surface area contributed by atoms with Crippen LogP contribution < -0.4 is 132 Å². The summed E-state index contributed by atoms with van der Waals surface area (Å²) in [6.45, 7) is 0. The first-order chi connectivity index (χ1) is 8.49. The van der Waals surface area contributed by atoms with Crippen LogP contribution in [0.3, 0.4) is 0 Å². The van der Waals surface area contributed by atoms with Crippen molar-refractivity contribution in [3.8, 4) is 0 Å². The fraction of sp³-hybridized carbons (Fsp3) is 0. The van der Waals surface area contributed by atoms with E-state index in [1.807, 2.05) is 0 Å². The molecule has 22 heavy (non-hydrogen) atoms. The summed E-state index contributed by atoms with van der Waals surface area (Å²) in [7, 11) is 0. The topological polar surface area (TPSA) is 315 Å². The van der Waals surface area contributed by atoms with Crippen molar-refractivity contribution in [1.29, 1.82) is 0 Å². The summed E-state index contributed by atoms with van der Waals surface area (Å²) in [5.74, 6) is 0. The van der Waals surface area contributed by atoms with Gasteiger partial charge in [-0.1, -0.05) is 0 Å². The van der Waals surface area contributed by atoms with Gasteiger partial charge in [0.05, 0.1) is 0 Å². The predicted octanol–water partition coefficient (Wildman–Crippen LogP) is -7.49. The van der Waals surface area contributed by atoms with Gasteiger partial charge in [-0.15, -0.1) is 32.0 Å². The van der Waals surface area contributed by atoms with E-state index >= 15 is 0 Å². The molecule has 0 unspecified atom stereocenters. The van der Waals surface area contributed by atoms with E-state index in [-0.39, 0.29) is 149 Å². The Bertz CT molecular complexity index is 129. The molecule has 0 saturated carbocycles. The normalized spacial score (nSPS) is 3.27. The largest absolute Gasteiger partial charge is 1.00 e. The molecule has 0 aromatic carbocycles. The van der Waals surface area contributed by atoms with E-state index < -0.39 is 0 Å². The number of rotatable bonds is 0. The van der Waals surface area contributed by atoms with Crippen molar-refractivity contribution in [3.05, 3.63) is 60.7 Å². The molecule has 0 saturated heterocycles. The molecular formula is CoK2N6NaO12-3. The van der Waals surface area contributed by atoms with Crippen LogP contribution in [0, 0.1) is 60.7 Å². The van der Waals surface area contributed by atoms with Gasteiger partial charge in [-0.25, -0.2) is 0 Å². The quantitative estimate of drug-likeness (QED) is 0.194. The van der Waals surface area contributed by atoms with Crippen LogP contribution in [0.1, 0.15) is 0 Å². The minimum absolute atomic E-state index is 0. The van der Waals surface area contributed by atoms with Gasteiger partial charge in [0, 0.05) is 16.8 Å². The summed E-state index contributed by atoms with van der Waals surface area (Å²) in [4.78, 5) is 48.0. The third kappa shape index (κ3) is 6200. The summed E-state index contributed by atoms with van der Waals surface area (Å²) < 4.78 is 0. The average molecular weight is 436 g/mol. The van der Waals surface area contributed by atoms with Gasteiger partial charge < -0.3 is 60.7 Å². The first-order valence-electron chi connectivity index (χ1n) is 2.19. The zero-order valence-corrected chi connectivity index (χ0v) is 20.2. The Hall–Kier alpha value is 1.18. The SMILES string of the molecule is O=N[O-].O=N[O-].O=N[O-].O=N[O-].O=N[O-].O=N[O-].[Co].[K+].[K+].[Na+]. The predicted molar refractivity (Wildman–Crippen MR) is 55.0 cm³/mol. The van der Waals surface area contributed by atoms with Crippen molar-refractivity contribution < 1.29 is 149 Å². The molecule has 0 aliphatic carbocycles. The second-order valence-electron chi connectivity index (χ2n) is 0.447. The summed E-state index contributed by atoms with van der Waals surface area (Å²) >= 11 is 0. The Labute approximate surface area is 237 Å². The molecule has 0 aromatic heterocycles.